The van der Waals surface area contributed by atoms with Gasteiger partial charge in [-0.05, 0) is 33.7 Å². The van der Waals surface area contributed by atoms with Crippen LogP contribution in [0.1, 0.15) is 0 Å². The molecule has 0 radical (unpaired) electrons. The van der Waals surface area contributed by atoms with E-state index < -0.39 is 8.32 Å². The summed E-state index contributed by atoms with van der Waals surface area (Å²) in [5, 5.41) is 0. The Kier molecular flexibility index (Phi) is 31.5. The fraction of sp³-hybridized carbons (Fsp3) is 1.00. The van der Waals surface area contributed by atoms with E-state index in [1.165, 1.54) is 0 Å². The van der Waals surface area contributed by atoms with Crippen LogP contribution >= 0.6 is 0 Å². The van der Waals surface area contributed by atoms with Gasteiger partial charge in [0.25, 0.3) is 0 Å². The van der Waals surface area contributed by atoms with E-state index in [1.807, 2.05) is 14.1 Å². The molecule has 242 valence electrons. The van der Waals surface area contributed by atoms with E-state index in [-0.39, 0.29) is 0 Å². The Morgan fingerprint density at radius 3 is 0.725 bits per heavy atom. The van der Waals surface area contributed by atoms with E-state index in [9.17, 15) is 0 Å². The Balaban J connectivity index is 3.05. The first-order chi connectivity index (χ1) is 19.4. The number of ether oxygens (including phenoxy) is 10. The van der Waals surface area contributed by atoms with Crippen molar-refractivity contribution in [2.24, 2.45) is 0 Å². The van der Waals surface area contributed by atoms with Crippen LogP contribution in [0.3, 0.4) is 0 Å². The van der Waals surface area contributed by atoms with Gasteiger partial charge in [0.15, 0.2) is 8.32 Å². The van der Waals surface area contributed by atoms with Gasteiger partial charge in [-0.3, -0.25) is 0 Å². The molecule has 0 saturated heterocycles. The van der Waals surface area contributed by atoms with Crippen molar-refractivity contribution < 1.29 is 51.8 Å². The Hall–Kier alpha value is -0.263. The van der Waals surface area contributed by atoms with Crippen LogP contribution in [0, 0.1) is 0 Å². The minimum atomic E-state index is -1.44. The highest BCUT2D eigenvalue weighted by Gasteiger charge is 2.13. The number of likely N-dealkylation sites (N-methyl/N-ethyl adjacent to an activating group) is 1. The Labute approximate surface area is 244 Å². The maximum Gasteiger partial charge on any atom is 0.183 e. The zero-order chi connectivity index (χ0) is 29.4. The highest BCUT2D eigenvalue weighted by Crippen LogP contribution is 2.01. The van der Waals surface area contributed by atoms with Crippen molar-refractivity contribution in [1.29, 1.82) is 0 Å². The standard InChI is InChI=1S/C27H59NO11Si/c1-28(2)6-7-29-8-9-30-10-11-31-12-13-32-14-15-33-16-17-34-18-19-35-20-21-36-22-23-37-24-25-38-26-27-39-40(3,4)5/h6-27H2,1-5H3. The summed E-state index contributed by atoms with van der Waals surface area (Å²) >= 11 is 0. The molecule has 12 nitrogen and oxygen atoms in total. The summed E-state index contributed by atoms with van der Waals surface area (Å²) in [6.45, 7) is 19.2. The lowest BCUT2D eigenvalue weighted by molar-refractivity contribution is -0.0268. The third-order valence-electron chi connectivity index (χ3n) is 4.79. The lowest BCUT2D eigenvalue weighted by atomic mass is 10.6. The third kappa shape index (κ3) is 37.7. The topological polar surface area (TPSA) is 105 Å². The van der Waals surface area contributed by atoms with Crippen molar-refractivity contribution in [1.82, 2.24) is 4.90 Å². The first-order valence-electron chi connectivity index (χ1n) is 14.5. The molecule has 0 heterocycles. The molecule has 0 atom stereocenters. The van der Waals surface area contributed by atoms with Gasteiger partial charge in [0.2, 0.25) is 0 Å². The van der Waals surface area contributed by atoms with Gasteiger partial charge in [0.1, 0.15) is 0 Å². The lowest BCUT2D eigenvalue weighted by Gasteiger charge is -2.16. The summed E-state index contributed by atoms with van der Waals surface area (Å²) in [5.74, 6) is 0. The van der Waals surface area contributed by atoms with Gasteiger partial charge in [-0.25, -0.2) is 0 Å². The summed E-state index contributed by atoms with van der Waals surface area (Å²) in [6, 6.07) is 0. The van der Waals surface area contributed by atoms with Crippen LogP contribution in [-0.2, 0) is 51.8 Å². The zero-order valence-corrected chi connectivity index (χ0v) is 27.0. The molecule has 0 bridgehead atoms. The highest BCUT2D eigenvalue weighted by molar-refractivity contribution is 6.69. The molecule has 40 heavy (non-hydrogen) atoms. The SMILES string of the molecule is CN(C)CCOCCOCCOCCOCCOCCOCCOCCOCCOCCOCCO[Si](C)(C)C. The molecule has 0 aromatic heterocycles. The number of nitrogens with zero attached hydrogens (tertiary/aromatic N) is 1. The van der Waals surface area contributed by atoms with Gasteiger partial charge in [0, 0.05) is 6.54 Å². The average molecular weight is 602 g/mol. The summed E-state index contributed by atoms with van der Waals surface area (Å²) in [4.78, 5) is 2.08. The quantitative estimate of drug-likeness (QED) is 0.0790. The van der Waals surface area contributed by atoms with Crippen LogP contribution < -0.4 is 0 Å². The summed E-state index contributed by atoms with van der Waals surface area (Å²) in [6.07, 6.45) is 0. The fourth-order valence-electron chi connectivity index (χ4n) is 2.74. The second kappa shape index (κ2) is 31.7. The van der Waals surface area contributed by atoms with Crippen molar-refractivity contribution >= 4 is 8.32 Å². The summed E-state index contributed by atoms with van der Waals surface area (Å²) < 4.78 is 60.3. The van der Waals surface area contributed by atoms with Crippen LogP contribution in [0.25, 0.3) is 0 Å². The lowest BCUT2D eigenvalue weighted by Crippen LogP contribution is -2.27. The minimum Gasteiger partial charge on any atom is -0.415 e. The van der Waals surface area contributed by atoms with Gasteiger partial charge in [-0.1, -0.05) is 0 Å². The first kappa shape index (κ1) is 39.7. The number of hydrogen-bond acceptors (Lipinski definition) is 12. The molecule has 0 aliphatic rings. The van der Waals surface area contributed by atoms with E-state index >= 15 is 0 Å². The first-order valence-corrected chi connectivity index (χ1v) is 17.9. The largest absolute Gasteiger partial charge is 0.415 e. The predicted molar refractivity (Wildman–Crippen MR) is 156 cm³/mol. The number of hydrogen-bond donors (Lipinski definition) is 0. The molecule has 0 amide bonds. The molecule has 13 heteroatoms. The molecule has 0 aliphatic heterocycles. The zero-order valence-electron chi connectivity index (χ0n) is 26.0. The molecular weight excluding hydrogens is 542 g/mol. The van der Waals surface area contributed by atoms with Gasteiger partial charge >= 0.3 is 0 Å². The van der Waals surface area contributed by atoms with E-state index in [4.69, 9.17) is 51.8 Å². The molecule has 0 spiro atoms. The van der Waals surface area contributed by atoms with Crippen molar-refractivity contribution in [3.8, 4) is 0 Å². The molecule has 0 aromatic rings. The highest BCUT2D eigenvalue weighted by atomic mass is 28.4. The molecule has 0 saturated carbocycles. The van der Waals surface area contributed by atoms with Gasteiger partial charge in [-0.2, -0.15) is 0 Å². The van der Waals surface area contributed by atoms with E-state index in [2.05, 4.69) is 24.5 Å². The Bertz CT molecular complexity index is 488. The monoisotopic (exact) mass is 601 g/mol. The molecule has 0 aliphatic carbocycles. The second-order valence-corrected chi connectivity index (χ2v) is 14.4. The van der Waals surface area contributed by atoms with Gasteiger partial charge in [-0.15, -0.1) is 0 Å². The van der Waals surface area contributed by atoms with Crippen molar-refractivity contribution in [3.63, 3.8) is 0 Å². The van der Waals surface area contributed by atoms with Crippen molar-refractivity contribution in [2.75, 3.05) is 159 Å². The van der Waals surface area contributed by atoms with Gasteiger partial charge in [0.05, 0.1) is 139 Å². The molecule has 0 unspecified atom stereocenters. The normalized spacial score (nSPS) is 12.2. The third-order valence-corrected chi connectivity index (χ3v) is 5.86. The summed E-state index contributed by atoms with van der Waals surface area (Å²) in [7, 11) is 2.60. The smallest absolute Gasteiger partial charge is 0.183 e. The molecule has 0 aromatic carbocycles. The molecule has 0 fully saturated rings. The minimum absolute atomic E-state index is 0.524. The maximum atomic E-state index is 5.71. The van der Waals surface area contributed by atoms with Gasteiger partial charge < -0.3 is 56.7 Å². The summed E-state index contributed by atoms with van der Waals surface area (Å²) in [5.41, 5.74) is 0. The van der Waals surface area contributed by atoms with Crippen molar-refractivity contribution in [3.05, 3.63) is 0 Å². The van der Waals surface area contributed by atoms with Crippen LogP contribution in [0.15, 0.2) is 0 Å². The average Bonchev–Trinajstić information content (AvgIpc) is 2.90. The van der Waals surface area contributed by atoms with E-state index in [0.717, 1.165) is 13.2 Å². The molecule has 0 N–H and O–H groups in total. The second-order valence-electron chi connectivity index (χ2n) is 9.89. The van der Waals surface area contributed by atoms with Crippen molar-refractivity contribution in [2.45, 2.75) is 19.6 Å². The Morgan fingerprint density at radius 2 is 0.525 bits per heavy atom. The Morgan fingerprint density at radius 1 is 0.325 bits per heavy atom. The van der Waals surface area contributed by atoms with E-state index in [0.29, 0.717) is 132 Å². The van der Waals surface area contributed by atoms with E-state index in [1.54, 1.807) is 0 Å². The molecule has 0 rings (SSSR count). The van der Waals surface area contributed by atoms with Crippen LogP contribution in [0.4, 0.5) is 0 Å². The van der Waals surface area contributed by atoms with Crippen LogP contribution in [0.2, 0.25) is 19.6 Å². The fourth-order valence-corrected chi connectivity index (χ4v) is 3.43. The van der Waals surface area contributed by atoms with Crippen LogP contribution in [0.5, 0.6) is 0 Å². The number of rotatable bonds is 34. The maximum absolute atomic E-state index is 5.71. The van der Waals surface area contributed by atoms with Crippen LogP contribution in [-0.4, -0.2) is 173 Å². The molecular formula is C27H59NO11Si. The predicted octanol–water partition coefficient (Wildman–Crippen LogP) is 1.57.